The second-order valence-electron chi connectivity index (χ2n) is 6.70. The number of nitrogens with two attached hydrogens (primary N) is 1. The van der Waals surface area contributed by atoms with Gasteiger partial charge in [-0.3, -0.25) is 9.78 Å². The number of rotatable bonds is 6. The van der Waals surface area contributed by atoms with Gasteiger partial charge in [0.25, 0.3) is 0 Å². The number of carbonyl (C=O) groups excluding carboxylic acids is 1. The van der Waals surface area contributed by atoms with Crippen LogP contribution in [-0.4, -0.2) is 16.9 Å². The van der Waals surface area contributed by atoms with Crippen LogP contribution in [0, 0.1) is 5.82 Å². The third-order valence-corrected chi connectivity index (χ3v) is 4.49. The molecule has 27 heavy (non-hydrogen) atoms. The molecule has 1 saturated carbocycles. The second kappa shape index (κ2) is 7.19. The third kappa shape index (κ3) is 3.97. The molecule has 1 aromatic heterocycles. The molecule has 0 radical (unpaired) electrons. The van der Waals surface area contributed by atoms with E-state index in [9.17, 15) is 9.18 Å². The lowest BCUT2D eigenvalue weighted by Crippen LogP contribution is -2.06. The predicted molar refractivity (Wildman–Crippen MR) is 102 cm³/mol. The van der Waals surface area contributed by atoms with Crippen molar-refractivity contribution in [3.8, 4) is 17.0 Å². The fourth-order valence-electron chi connectivity index (χ4n) is 2.84. The van der Waals surface area contributed by atoms with Gasteiger partial charge in [-0.25, -0.2) is 4.39 Å². The van der Waals surface area contributed by atoms with Crippen LogP contribution in [0.15, 0.2) is 60.8 Å². The minimum absolute atomic E-state index is 0.0555. The van der Waals surface area contributed by atoms with Gasteiger partial charge in [-0.1, -0.05) is 18.2 Å². The Morgan fingerprint density at radius 1 is 1.15 bits per heavy atom. The number of Topliss-reactive ketones (excluding diaryl/α,β-unsaturated/α-hetero) is 1. The van der Waals surface area contributed by atoms with E-state index in [-0.39, 0.29) is 24.1 Å². The quantitative estimate of drug-likeness (QED) is 0.520. The Balaban J connectivity index is 1.46. The summed E-state index contributed by atoms with van der Waals surface area (Å²) in [7, 11) is 0. The molecule has 1 fully saturated rings. The molecule has 0 atom stereocenters. The van der Waals surface area contributed by atoms with Crippen molar-refractivity contribution in [2.24, 2.45) is 0 Å². The van der Waals surface area contributed by atoms with E-state index in [0.29, 0.717) is 28.3 Å². The Morgan fingerprint density at radius 2 is 1.96 bits per heavy atom. The van der Waals surface area contributed by atoms with E-state index < -0.39 is 0 Å². The maximum Gasteiger partial charge on any atom is 0.167 e. The zero-order valence-electron chi connectivity index (χ0n) is 14.7. The normalized spacial score (nSPS) is 13.4. The van der Waals surface area contributed by atoms with Crippen molar-refractivity contribution in [1.82, 2.24) is 4.98 Å². The lowest BCUT2D eigenvalue weighted by Gasteiger charge is -2.09. The molecule has 4 rings (SSSR count). The summed E-state index contributed by atoms with van der Waals surface area (Å²) in [5.74, 6) is 0.253. The highest BCUT2D eigenvalue weighted by atomic mass is 19.1. The number of carbonyl (C=O) groups is 1. The van der Waals surface area contributed by atoms with Gasteiger partial charge < -0.3 is 10.5 Å². The molecule has 0 saturated heterocycles. The summed E-state index contributed by atoms with van der Waals surface area (Å²) in [4.78, 5) is 16.8. The minimum Gasteiger partial charge on any atom is -0.488 e. The fraction of sp³-hybridized carbons (Fsp3) is 0.182. The van der Waals surface area contributed by atoms with Gasteiger partial charge in [-0.2, -0.15) is 0 Å². The van der Waals surface area contributed by atoms with Crippen molar-refractivity contribution in [1.29, 1.82) is 0 Å². The van der Waals surface area contributed by atoms with Gasteiger partial charge in [0.15, 0.2) is 5.78 Å². The van der Waals surface area contributed by atoms with E-state index in [0.717, 1.165) is 18.4 Å². The molecule has 0 unspecified atom stereocenters. The van der Waals surface area contributed by atoms with Crippen LogP contribution in [0.2, 0.25) is 0 Å². The highest BCUT2D eigenvalue weighted by Crippen LogP contribution is 2.31. The number of aromatic nitrogens is 1. The summed E-state index contributed by atoms with van der Waals surface area (Å²) in [5.41, 5.74) is 8.75. The maximum absolute atomic E-state index is 13.8. The van der Waals surface area contributed by atoms with E-state index in [1.54, 1.807) is 54.7 Å². The number of anilines is 1. The van der Waals surface area contributed by atoms with Gasteiger partial charge in [0.05, 0.1) is 17.5 Å². The van der Waals surface area contributed by atoms with Crippen molar-refractivity contribution in [2.75, 3.05) is 5.73 Å². The number of hydrogen-bond acceptors (Lipinski definition) is 4. The maximum atomic E-state index is 13.8. The number of pyridine rings is 1. The number of benzene rings is 2. The van der Waals surface area contributed by atoms with Crippen molar-refractivity contribution >= 4 is 11.5 Å². The first kappa shape index (κ1) is 17.2. The number of nitrogen functional groups attached to an aromatic ring is 1. The molecule has 136 valence electrons. The second-order valence-corrected chi connectivity index (χ2v) is 6.70. The lowest BCUT2D eigenvalue weighted by molar-refractivity contribution is 0.0993. The molecule has 2 N–H and O–H groups in total. The molecule has 0 amide bonds. The van der Waals surface area contributed by atoms with Crippen LogP contribution in [0.3, 0.4) is 0 Å². The van der Waals surface area contributed by atoms with E-state index in [2.05, 4.69) is 4.98 Å². The van der Waals surface area contributed by atoms with Crippen LogP contribution in [0.25, 0.3) is 11.3 Å². The summed E-state index contributed by atoms with van der Waals surface area (Å²) >= 11 is 0. The molecule has 1 aliphatic carbocycles. The van der Waals surface area contributed by atoms with Crippen molar-refractivity contribution < 1.29 is 13.9 Å². The fourth-order valence-corrected chi connectivity index (χ4v) is 2.84. The standard InChI is InChI=1S/C22H19FN2O2/c23-18-4-2-1-3-17(18)20-9-5-14(13-25-20)11-21(26)15-6-10-22(19(24)12-15)27-16-7-8-16/h1-6,9-10,12-13,16H,7-8,11,24H2. The zero-order chi connectivity index (χ0) is 18.8. The van der Waals surface area contributed by atoms with E-state index in [1.165, 1.54) is 6.07 Å². The molecule has 3 aromatic rings. The summed E-state index contributed by atoms with van der Waals surface area (Å²) < 4.78 is 19.5. The highest BCUT2D eigenvalue weighted by Gasteiger charge is 2.24. The molecule has 2 aromatic carbocycles. The molecule has 0 bridgehead atoms. The number of ketones is 1. The molecular weight excluding hydrogens is 343 g/mol. The summed E-state index contributed by atoms with van der Waals surface area (Å²) in [6.07, 6.45) is 4.17. The molecule has 4 nitrogen and oxygen atoms in total. The molecule has 5 heteroatoms. The molecular formula is C22H19FN2O2. The van der Waals surface area contributed by atoms with E-state index in [4.69, 9.17) is 10.5 Å². The minimum atomic E-state index is -0.321. The first-order valence-corrected chi connectivity index (χ1v) is 8.89. The van der Waals surface area contributed by atoms with Gasteiger partial charge >= 0.3 is 0 Å². The Hall–Kier alpha value is -3.21. The Kier molecular flexibility index (Phi) is 4.59. The van der Waals surface area contributed by atoms with Crippen molar-refractivity contribution in [3.63, 3.8) is 0 Å². The predicted octanol–water partition coefficient (Wildman–Crippen LogP) is 4.44. The number of halogens is 1. The average molecular weight is 362 g/mol. The van der Waals surface area contributed by atoms with Gasteiger partial charge in [-0.05, 0) is 54.8 Å². The molecule has 0 aliphatic heterocycles. The summed E-state index contributed by atoms with van der Waals surface area (Å²) in [6, 6.07) is 15.1. The van der Waals surface area contributed by atoms with Gasteiger partial charge in [0.2, 0.25) is 0 Å². The van der Waals surface area contributed by atoms with E-state index >= 15 is 0 Å². The molecule has 1 aliphatic rings. The van der Waals surface area contributed by atoms with Crippen LogP contribution in [0.1, 0.15) is 28.8 Å². The van der Waals surface area contributed by atoms with Crippen molar-refractivity contribution in [3.05, 3.63) is 77.7 Å². The van der Waals surface area contributed by atoms with Crippen LogP contribution in [0.5, 0.6) is 5.75 Å². The van der Waals surface area contributed by atoms with Gasteiger partial charge in [0.1, 0.15) is 11.6 Å². The first-order valence-electron chi connectivity index (χ1n) is 8.89. The Morgan fingerprint density at radius 3 is 2.63 bits per heavy atom. The average Bonchev–Trinajstić information content (AvgIpc) is 3.49. The number of ether oxygens (including phenoxy) is 1. The Bertz CT molecular complexity index is 982. The third-order valence-electron chi connectivity index (χ3n) is 4.49. The van der Waals surface area contributed by atoms with E-state index in [1.807, 2.05) is 0 Å². The summed E-state index contributed by atoms with van der Waals surface area (Å²) in [5, 5.41) is 0. The monoisotopic (exact) mass is 362 g/mol. The SMILES string of the molecule is Nc1cc(C(=O)Cc2ccc(-c3ccccc3F)nc2)ccc1OC1CC1. The summed E-state index contributed by atoms with van der Waals surface area (Å²) in [6.45, 7) is 0. The highest BCUT2D eigenvalue weighted by molar-refractivity contribution is 5.98. The topological polar surface area (TPSA) is 65.2 Å². The van der Waals surface area contributed by atoms with Crippen LogP contribution in [0.4, 0.5) is 10.1 Å². The molecule has 1 heterocycles. The van der Waals surface area contributed by atoms with Crippen LogP contribution >= 0.6 is 0 Å². The van der Waals surface area contributed by atoms with Crippen LogP contribution in [-0.2, 0) is 6.42 Å². The largest absolute Gasteiger partial charge is 0.488 e. The van der Waals surface area contributed by atoms with Crippen LogP contribution < -0.4 is 10.5 Å². The first-order chi connectivity index (χ1) is 13.1. The Labute approximate surface area is 156 Å². The van der Waals surface area contributed by atoms with Crippen molar-refractivity contribution in [2.45, 2.75) is 25.4 Å². The lowest BCUT2D eigenvalue weighted by atomic mass is 10.0. The zero-order valence-corrected chi connectivity index (χ0v) is 14.7. The number of hydrogen-bond donors (Lipinski definition) is 1. The molecule has 0 spiro atoms. The van der Waals surface area contributed by atoms with Gasteiger partial charge in [0, 0.05) is 23.7 Å². The smallest absolute Gasteiger partial charge is 0.167 e. The number of nitrogens with zero attached hydrogens (tertiary/aromatic N) is 1. The van der Waals surface area contributed by atoms with Gasteiger partial charge in [-0.15, -0.1) is 0 Å².